The lowest BCUT2D eigenvalue weighted by atomic mass is 10.00. The second-order valence-corrected chi connectivity index (χ2v) is 5.24. The fourth-order valence-corrected chi connectivity index (χ4v) is 2.49. The van der Waals surface area contributed by atoms with Crippen LogP contribution in [0.15, 0.2) is 18.2 Å². The molecule has 0 aliphatic carbocycles. The van der Waals surface area contributed by atoms with Crippen molar-refractivity contribution in [3.05, 3.63) is 34.9 Å². The number of hydrogen-bond acceptors (Lipinski definition) is 2. The van der Waals surface area contributed by atoms with Gasteiger partial charge in [-0.1, -0.05) is 23.8 Å². The number of aryl methyl sites for hydroxylation is 2. The van der Waals surface area contributed by atoms with Crippen LogP contribution >= 0.6 is 0 Å². The van der Waals surface area contributed by atoms with Crippen molar-refractivity contribution in [3.8, 4) is 0 Å². The largest absolute Gasteiger partial charge is 0.329 e. The van der Waals surface area contributed by atoms with Crippen molar-refractivity contribution in [1.82, 2.24) is 10.2 Å². The van der Waals surface area contributed by atoms with E-state index < -0.39 is 0 Å². The van der Waals surface area contributed by atoms with Gasteiger partial charge in [0, 0.05) is 19.1 Å². The highest BCUT2D eigenvalue weighted by Gasteiger charge is 2.30. The van der Waals surface area contributed by atoms with Crippen molar-refractivity contribution in [1.29, 1.82) is 0 Å². The standard InChI is InChI=1S/C14H21N3O/c1-9-4-5-12(10(2)6-9)13-8-17(7-11(3)15)14(18)16-13/h4-6,11,13H,7-8,15H2,1-3H3,(H,16,18). The molecule has 4 nitrogen and oxygen atoms in total. The monoisotopic (exact) mass is 247 g/mol. The first kappa shape index (κ1) is 12.9. The summed E-state index contributed by atoms with van der Waals surface area (Å²) in [6.07, 6.45) is 0. The Balaban J connectivity index is 2.14. The van der Waals surface area contributed by atoms with Crippen molar-refractivity contribution in [2.24, 2.45) is 5.73 Å². The van der Waals surface area contributed by atoms with Gasteiger partial charge >= 0.3 is 6.03 Å². The highest BCUT2D eigenvalue weighted by atomic mass is 16.2. The number of rotatable bonds is 3. The Bertz CT molecular complexity index is 456. The molecule has 0 saturated carbocycles. The van der Waals surface area contributed by atoms with Gasteiger partial charge in [-0.3, -0.25) is 0 Å². The molecule has 1 aliphatic rings. The van der Waals surface area contributed by atoms with Crippen molar-refractivity contribution in [3.63, 3.8) is 0 Å². The zero-order valence-corrected chi connectivity index (χ0v) is 11.2. The van der Waals surface area contributed by atoms with Gasteiger partial charge < -0.3 is 16.0 Å². The van der Waals surface area contributed by atoms with E-state index in [1.54, 1.807) is 4.90 Å². The van der Waals surface area contributed by atoms with E-state index in [1.165, 1.54) is 16.7 Å². The number of amides is 2. The highest BCUT2D eigenvalue weighted by Crippen LogP contribution is 2.24. The Morgan fingerprint density at radius 2 is 2.22 bits per heavy atom. The van der Waals surface area contributed by atoms with Crippen LogP contribution in [0.1, 0.15) is 29.7 Å². The highest BCUT2D eigenvalue weighted by molar-refractivity contribution is 5.77. The minimum Gasteiger partial charge on any atom is -0.329 e. The zero-order chi connectivity index (χ0) is 13.3. The fourth-order valence-electron chi connectivity index (χ4n) is 2.49. The molecule has 2 unspecified atom stereocenters. The Hall–Kier alpha value is -1.55. The van der Waals surface area contributed by atoms with Crippen molar-refractivity contribution in [2.75, 3.05) is 13.1 Å². The van der Waals surface area contributed by atoms with Crippen LogP contribution in [0.25, 0.3) is 0 Å². The van der Waals surface area contributed by atoms with Gasteiger partial charge in [-0.15, -0.1) is 0 Å². The first-order chi connectivity index (χ1) is 8.47. The molecular weight excluding hydrogens is 226 g/mol. The van der Waals surface area contributed by atoms with Gasteiger partial charge in [-0.2, -0.15) is 0 Å². The number of benzene rings is 1. The van der Waals surface area contributed by atoms with Crippen LogP contribution in [0, 0.1) is 13.8 Å². The van der Waals surface area contributed by atoms with E-state index in [1.807, 2.05) is 6.92 Å². The molecule has 2 amide bonds. The minimum absolute atomic E-state index is 0.00798. The summed E-state index contributed by atoms with van der Waals surface area (Å²) < 4.78 is 0. The first-order valence-electron chi connectivity index (χ1n) is 6.35. The van der Waals surface area contributed by atoms with Crippen LogP contribution in [-0.2, 0) is 0 Å². The summed E-state index contributed by atoms with van der Waals surface area (Å²) in [5, 5.41) is 3.02. The molecule has 4 heteroatoms. The molecule has 1 heterocycles. The molecule has 1 saturated heterocycles. The van der Waals surface area contributed by atoms with E-state index in [-0.39, 0.29) is 18.1 Å². The van der Waals surface area contributed by atoms with E-state index in [9.17, 15) is 4.79 Å². The molecule has 3 N–H and O–H groups in total. The summed E-state index contributed by atoms with van der Waals surface area (Å²) >= 11 is 0. The van der Waals surface area contributed by atoms with Crippen molar-refractivity contribution >= 4 is 6.03 Å². The molecule has 2 rings (SSSR count). The maximum atomic E-state index is 11.8. The van der Waals surface area contributed by atoms with Gasteiger partial charge in [0.25, 0.3) is 0 Å². The van der Waals surface area contributed by atoms with Gasteiger partial charge in [0.05, 0.1) is 6.04 Å². The van der Waals surface area contributed by atoms with Crippen LogP contribution in [0.3, 0.4) is 0 Å². The van der Waals surface area contributed by atoms with Crippen LogP contribution < -0.4 is 11.1 Å². The molecule has 1 aliphatic heterocycles. The van der Waals surface area contributed by atoms with Gasteiger partial charge in [0.15, 0.2) is 0 Å². The molecule has 1 aromatic rings. The maximum Gasteiger partial charge on any atom is 0.318 e. The molecule has 2 atom stereocenters. The number of carbonyl (C=O) groups is 1. The molecular formula is C14H21N3O. The lowest BCUT2D eigenvalue weighted by Gasteiger charge is -2.17. The second-order valence-electron chi connectivity index (χ2n) is 5.24. The molecule has 1 fully saturated rings. The number of hydrogen-bond donors (Lipinski definition) is 2. The molecule has 0 spiro atoms. The van der Waals surface area contributed by atoms with Crippen LogP contribution in [0.2, 0.25) is 0 Å². The summed E-state index contributed by atoms with van der Waals surface area (Å²) in [5.41, 5.74) is 9.41. The van der Waals surface area contributed by atoms with Crippen molar-refractivity contribution in [2.45, 2.75) is 32.9 Å². The Kier molecular flexibility index (Phi) is 3.57. The van der Waals surface area contributed by atoms with Gasteiger partial charge in [0.1, 0.15) is 0 Å². The third kappa shape index (κ3) is 2.64. The summed E-state index contributed by atoms with van der Waals surface area (Å²) in [6.45, 7) is 7.38. The third-order valence-corrected chi connectivity index (χ3v) is 3.30. The Morgan fingerprint density at radius 3 is 2.83 bits per heavy atom. The molecule has 0 aromatic heterocycles. The van der Waals surface area contributed by atoms with E-state index >= 15 is 0 Å². The predicted octanol–water partition coefficient (Wildman–Crippen LogP) is 1.72. The van der Waals surface area contributed by atoms with Crippen LogP contribution in [-0.4, -0.2) is 30.1 Å². The first-order valence-corrected chi connectivity index (χ1v) is 6.35. The molecule has 0 bridgehead atoms. The lowest BCUT2D eigenvalue weighted by molar-refractivity contribution is 0.215. The lowest BCUT2D eigenvalue weighted by Crippen LogP contribution is -2.37. The van der Waals surface area contributed by atoms with Gasteiger partial charge in [0.2, 0.25) is 0 Å². The smallest absolute Gasteiger partial charge is 0.318 e. The van der Waals surface area contributed by atoms with Gasteiger partial charge in [-0.25, -0.2) is 4.79 Å². The average molecular weight is 247 g/mol. The number of nitrogens with one attached hydrogen (secondary N) is 1. The summed E-state index contributed by atoms with van der Waals surface area (Å²) in [7, 11) is 0. The predicted molar refractivity (Wildman–Crippen MR) is 72.4 cm³/mol. The maximum absolute atomic E-state index is 11.8. The van der Waals surface area contributed by atoms with E-state index in [0.717, 1.165) is 0 Å². The van der Waals surface area contributed by atoms with E-state index in [4.69, 9.17) is 5.73 Å². The van der Waals surface area contributed by atoms with E-state index in [2.05, 4.69) is 37.4 Å². The summed E-state index contributed by atoms with van der Waals surface area (Å²) in [4.78, 5) is 13.6. The van der Waals surface area contributed by atoms with E-state index in [0.29, 0.717) is 13.1 Å². The number of nitrogens with two attached hydrogens (primary N) is 1. The summed E-state index contributed by atoms with van der Waals surface area (Å²) in [5.74, 6) is 0. The second kappa shape index (κ2) is 4.98. The number of carbonyl (C=O) groups excluding carboxylic acids is 1. The average Bonchev–Trinajstić information content (AvgIpc) is 2.59. The molecule has 18 heavy (non-hydrogen) atoms. The Labute approximate surface area is 108 Å². The summed E-state index contributed by atoms with van der Waals surface area (Å²) in [6, 6.07) is 6.41. The Morgan fingerprint density at radius 1 is 1.50 bits per heavy atom. The molecule has 1 aromatic carbocycles. The van der Waals surface area contributed by atoms with Crippen LogP contribution in [0.5, 0.6) is 0 Å². The normalized spacial score (nSPS) is 21.0. The fraction of sp³-hybridized carbons (Fsp3) is 0.500. The molecule has 0 radical (unpaired) electrons. The van der Waals surface area contributed by atoms with Crippen molar-refractivity contribution < 1.29 is 4.79 Å². The zero-order valence-electron chi connectivity index (χ0n) is 11.2. The SMILES string of the molecule is Cc1ccc(C2CN(CC(C)N)C(=O)N2)c(C)c1. The number of nitrogens with zero attached hydrogens (tertiary/aromatic N) is 1. The quantitative estimate of drug-likeness (QED) is 0.854. The topological polar surface area (TPSA) is 58.4 Å². The minimum atomic E-state index is -0.0164. The molecule has 98 valence electrons. The number of urea groups is 1. The third-order valence-electron chi connectivity index (χ3n) is 3.30. The van der Waals surface area contributed by atoms with Crippen LogP contribution in [0.4, 0.5) is 4.79 Å². The van der Waals surface area contributed by atoms with Gasteiger partial charge in [-0.05, 0) is 31.9 Å².